The molecule has 0 saturated carbocycles. The van der Waals surface area contributed by atoms with Gasteiger partial charge in [0.15, 0.2) is 0 Å². The number of hydrogen-bond acceptors (Lipinski definition) is 5. The summed E-state index contributed by atoms with van der Waals surface area (Å²) in [5.74, 6) is -0.169. The van der Waals surface area contributed by atoms with Crippen molar-refractivity contribution in [3.63, 3.8) is 0 Å². The lowest BCUT2D eigenvalue weighted by Crippen LogP contribution is -2.45. The molecule has 0 heterocycles. The Bertz CT molecular complexity index is 1130. The SMILES string of the molecule is CCCCCCCCCCCCCCCC/C=C/[C@@H](O)[C@H](COP(=O)(O)OCC[N+](C)(C)C)NC(=O)CCCCCCCCCCCCCCCCCCCCCCCCCCCCCCCCC. The number of likely N-dealkylation sites (N-methyl/N-ethyl adjacent to an activating group) is 1. The Kier molecular flexibility index (Phi) is 51.5. The number of phosphoric ester groups is 1. The molecule has 0 aliphatic heterocycles. The van der Waals surface area contributed by atoms with Crippen LogP contribution in [0.3, 0.4) is 0 Å². The lowest BCUT2D eigenvalue weighted by Gasteiger charge is -2.25. The minimum Gasteiger partial charge on any atom is -0.387 e. The number of phosphoric acid groups is 1. The number of rotatable bonds is 57. The fourth-order valence-corrected chi connectivity index (χ4v) is 10.2. The lowest BCUT2D eigenvalue weighted by atomic mass is 10.0. The minimum atomic E-state index is -4.34. The average Bonchev–Trinajstić information content (AvgIpc) is 3.31. The fourth-order valence-electron chi connectivity index (χ4n) is 9.46. The van der Waals surface area contributed by atoms with Crippen molar-refractivity contribution in [2.24, 2.45) is 0 Å². The first-order valence-corrected chi connectivity index (χ1v) is 32.1. The highest BCUT2D eigenvalue weighted by atomic mass is 31.2. The van der Waals surface area contributed by atoms with Crippen molar-refractivity contribution in [3.8, 4) is 0 Å². The van der Waals surface area contributed by atoms with Gasteiger partial charge in [0.1, 0.15) is 13.2 Å². The molecule has 1 unspecified atom stereocenters. The first-order valence-electron chi connectivity index (χ1n) is 30.6. The van der Waals surface area contributed by atoms with Crippen molar-refractivity contribution in [2.45, 2.75) is 328 Å². The molecule has 69 heavy (non-hydrogen) atoms. The molecule has 3 atom stereocenters. The van der Waals surface area contributed by atoms with Crippen LogP contribution >= 0.6 is 7.82 Å². The van der Waals surface area contributed by atoms with Gasteiger partial charge in [0.2, 0.25) is 5.91 Å². The molecule has 8 nitrogen and oxygen atoms in total. The van der Waals surface area contributed by atoms with Crippen LogP contribution < -0.4 is 5.32 Å². The summed E-state index contributed by atoms with van der Waals surface area (Å²) in [5.41, 5.74) is 0. The molecule has 0 aliphatic carbocycles. The standard InChI is InChI=1S/C60H121N2O6P/c1-6-8-10-12-14-16-18-20-22-24-25-26-27-28-29-30-31-32-33-34-35-36-37-38-40-42-44-46-48-50-52-54-60(64)61-58(57-68-69(65,66)67-56-55-62(3,4)5)59(63)53-51-49-47-45-43-41-39-23-21-19-17-15-13-11-9-7-2/h51,53,58-59,63H,6-50,52,54-57H2,1-5H3,(H-,61,64,65,66)/p+1/b53-51+/t58-,59+/m0/s1. The minimum absolute atomic E-state index is 0.0651. The monoisotopic (exact) mass is 998 g/mol. The Morgan fingerprint density at radius 1 is 0.478 bits per heavy atom. The Balaban J connectivity index is 4.02. The second kappa shape index (κ2) is 52.1. The smallest absolute Gasteiger partial charge is 0.387 e. The molecule has 0 rings (SSSR count). The van der Waals surface area contributed by atoms with E-state index in [0.717, 1.165) is 32.1 Å². The first kappa shape index (κ1) is 68.2. The highest BCUT2D eigenvalue weighted by Gasteiger charge is 2.27. The van der Waals surface area contributed by atoms with Crippen LogP contribution in [0, 0.1) is 0 Å². The lowest BCUT2D eigenvalue weighted by molar-refractivity contribution is -0.870. The zero-order valence-electron chi connectivity index (χ0n) is 47.1. The molecular formula is C60H122N2O6P+. The van der Waals surface area contributed by atoms with Gasteiger partial charge in [0.25, 0.3) is 0 Å². The van der Waals surface area contributed by atoms with Gasteiger partial charge in [-0.15, -0.1) is 0 Å². The van der Waals surface area contributed by atoms with Crippen LogP contribution in [-0.2, 0) is 18.4 Å². The van der Waals surface area contributed by atoms with E-state index in [1.165, 1.54) is 263 Å². The van der Waals surface area contributed by atoms with Gasteiger partial charge < -0.3 is 19.8 Å². The normalized spacial score (nSPS) is 13.9. The Labute approximate surface area is 431 Å². The number of aliphatic hydroxyl groups excluding tert-OH is 1. The van der Waals surface area contributed by atoms with E-state index >= 15 is 0 Å². The number of aliphatic hydroxyl groups is 1. The Hall–Kier alpha value is -0.760. The molecule has 0 aromatic heterocycles. The molecule has 0 radical (unpaired) electrons. The molecule has 0 aliphatic rings. The zero-order valence-corrected chi connectivity index (χ0v) is 48.0. The van der Waals surface area contributed by atoms with Crippen molar-refractivity contribution in [1.29, 1.82) is 0 Å². The molecule has 0 aromatic carbocycles. The van der Waals surface area contributed by atoms with E-state index in [0.29, 0.717) is 17.4 Å². The predicted octanol–water partition coefficient (Wildman–Crippen LogP) is 18.6. The maximum absolute atomic E-state index is 13.0. The van der Waals surface area contributed by atoms with E-state index < -0.39 is 20.0 Å². The fraction of sp³-hybridized carbons (Fsp3) is 0.950. The van der Waals surface area contributed by atoms with Gasteiger partial charge in [-0.25, -0.2) is 4.57 Å². The molecular weight excluding hydrogens is 876 g/mol. The molecule has 0 spiro atoms. The maximum atomic E-state index is 13.0. The molecule has 0 bridgehead atoms. The van der Waals surface area contributed by atoms with E-state index in [4.69, 9.17) is 9.05 Å². The van der Waals surface area contributed by atoms with Crippen LogP contribution in [0.5, 0.6) is 0 Å². The number of unbranched alkanes of at least 4 members (excludes halogenated alkanes) is 44. The van der Waals surface area contributed by atoms with Crippen molar-refractivity contribution < 1.29 is 32.9 Å². The Morgan fingerprint density at radius 3 is 1.07 bits per heavy atom. The van der Waals surface area contributed by atoms with E-state index in [1.54, 1.807) is 6.08 Å². The molecule has 0 saturated heterocycles. The summed E-state index contributed by atoms with van der Waals surface area (Å²) in [5, 5.41) is 13.9. The van der Waals surface area contributed by atoms with E-state index in [9.17, 15) is 19.4 Å². The summed E-state index contributed by atoms with van der Waals surface area (Å²) in [6.07, 6.45) is 64.7. The Morgan fingerprint density at radius 2 is 0.768 bits per heavy atom. The summed E-state index contributed by atoms with van der Waals surface area (Å²) in [6.45, 7) is 4.87. The van der Waals surface area contributed by atoms with Gasteiger partial charge >= 0.3 is 7.82 Å². The quantitative estimate of drug-likeness (QED) is 0.0243. The second-order valence-corrected chi connectivity index (χ2v) is 23.9. The third kappa shape index (κ3) is 54.8. The molecule has 9 heteroatoms. The van der Waals surface area contributed by atoms with Crippen LogP contribution in [0.2, 0.25) is 0 Å². The van der Waals surface area contributed by atoms with Crippen molar-refractivity contribution in [2.75, 3.05) is 40.9 Å². The predicted molar refractivity (Wildman–Crippen MR) is 300 cm³/mol. The summed E-state index contributed by atoms with van der Waals surface area (Å²) in [6, 6.07) is -0.842. The van der Waals surface area contributed by atoms with Gasteiger partial charge in [-0.1, -0.05) is 302 Å². The van der Waals surface area contributed by atoms with Crippen LogP contribution in [0.1, 0.15) is 316 Å². The molecule has 3 N–H and O–H groups in total. The van der Waals surface area contributed by atoms with Crippen LogP contribution in [-0.4, -0.2) is 73.4 Å². The van der Waals surface area contributed by atoms with Gasteiger partial charge in [0, 0.05) is 6.42 Å². The van der Waals surface area contributed by atoms with E-state index in [-0.39, 0.29) is 19.1 Å². The van der Waals surface area contributed by atoms with E-state index in [2.05, 4.69) is 19.2 Å². The average molecular weight is 999 g/mol. The number of hydrogen-bond donors (Lipinski definition) is 3. The number of allylic oxidation sites excluding steroid dienone is 1. The summed E-state index contributed by atoms with van der Waals surface area (Å²) in [7, 11) is 1.59. The molecule has 0 aromatic rings. The number of carbonyl (C=O) groups is 1. The van der Waals surface area contributed by atoms with E-state index in [1.807, 2.05) is 27.2 Å². The van der Waals surface area contributed by atoms with Crippen LogP contribution in [0.25, 0.3) is 0 Å². The molecule has 0 fully saturated rings. The first-order chi connectivity index (χ1) is 33.5. The maximum Gasteiger partial charge on any atom is 0.472 e. The molecule has 1 amide bonds. The van der Waals surface area contributed by atoms with Crippen molar-refractivity contribution in [3.05, 3.63) is 12.2 Å². The number of carbonyl (C=O) groups excluding carboxylic acids is 1. The van der Waals surface area contributed by atoms with Crippen LogP contribution in [0.4, 0.5) is 0 Å². The number of nitrogens with one attached hydrogen (secondary N) is 1. The number of nitrogens with zero attached hydrogens (tertiary/aromatic N) is 1. The van der Waals surface area contributed by atoms with Gasteiger partial charge in [-0.05, 0) is 19.3 Å². The highest BCUT2D eigenvalue weighted by Crippen LogP contribution is 2.43. The van der Waals surface area contributed by atoms with Crippen molar-refractivity contribution >= 4 is 13.7 Å². The summed E-state index contributed by atoms with van der Waals surface area (Å²) in [4.78, 5) is 23.3. The third-order valence-corrected chi connectivity index (χ3v) is 15.2. The highest BCUT2D eigenvalue weighted by molar-refractivity contribution is 7.47. The summed E-state index contributed by atoms with van der Waals surface area (Å²) >= 11 is 0. The summed E-state index contributed by atoms with van der Waals surface area (Å²) < 4.78 is 23.7. The van der Waals surface area contributed by atoms with Gasteiger partial charge in [-0.3, -0.25) is 13.8 Å². The molecule has 412 valence electrons. The largest absolute Gasteiger partial charge is 0.472 e. The third-order valence-electron chi connectivity index (χ3n) is 14.3. The topological polar surface area (TPSA) is 105 Å². The second-order valence-electron chi connectivity index (χ2n) is 22.4. The van der Waals surface area contributed by atoms with Crippen LogP contribution in [0.15, 0.2) is 12.2 Å². The van der Waals surface area contributed by atoms with Crippen molar-refractivity contribution in [1.82, 2.24) is 5.32 Å². The van der Waals surface area contributed by atoms with Gasteiger partial charge in [-0.2, -0.15) is 0 Å². The zero-order chi connectivity index (χ0) is 50.6. The van der Waals surface area contributed by atoms with Gasteiger partial charge in [0.05, 0.1) is 39.9 Å². The number of amides is 1. The number of quaternary nitrogens is 1.